The number of carbonyl (C=O) groups is 1. The van der Waals surface area contributed by atoms with Crippen molar-refractivity contribution in [2.24, 2.45) is 0 Å². The first-order valence-electron chi connectivity index (χ1n) is 6.34. The highest BCUT2D eigenvalue weighted by Gasteiger charge is 2.21. The van der Waals surface area contributed by atoms with Crippen LogP contribution in [0.1, 0.15) is 30.0 Å². The molecule has 0 atom stereocenters. The smallest absolute Gasteiger partial charge is 0.339 e. The highest BCUT2D eigenvalue weighted by Crippen LogP contribution is 2.15. The SMILES string of the molecule is CC(C)N1CCN(Cc2occc2C(=O)O)CC1. The number of hydrogen-bond acceptors (Lipinski definition) is 4. The minimum atomic E-state index is -0.917. The van der Waals surface area contributed by atoms with E-state index in [0.717, 1.165) is 26.2 Å². The van der Waals surface area contributed by atoms with E-state index in [1.165, 1.54) is 12.3 Å². The first kappa shape index (κ1) is 13.1. The average molecular weight is 252 g/mol. The van der Waals surface area contributed by atoms with E-state index in [1.54, 1.807) is 0 Å². The molecule has 2 heterocycles. The largest absolute Gasteiger partial charge is 0.478 e. The first-order valence-corrected chi connectivity index (χ1v) is 6.34. The monoisotopic (exact) mass is 252 g/mol. The summed E-state index contributed by atoms with van der Waals surface area (Å²) >= 11 is 0. The van der Waals surface area contributed by atoms with Crippen LogP contribution in [-0.4, -0.2) is 53.1 Å². The molecule has 1 aromatic heterocycles. The molecule has 0 unspecified atom stereocenters. The molecule has 1 aromatic rings. The molecular weight excluding hydrogens is 232 g/mol. The van der Waals surface area contributed by atoms with Crippen LogP contribution in [0, 0.1) is 0 Å². The minimum Gasteiger partial charge on any atom is -0.478 e. The molecule has 0 aliphatic carbocycles. The Bertz CT molecular complexity index is 406. The molecule has 100 valence electrons. The van der Waals surface area contributed by atoms with Crippen LogP contribution in [0.25, 0.3) is 0 Å². The number of hydrogen-bond donors (Lipinski definition) is 1. The van der Waals surface area contributed by atoms with Crippen molar-refractivity contribution < 1.29 is 14.3 Å². The summed E-state index contributed by atoms with van der Waals surface area (Å²) in [4.78, 5) is 15.6. The molecule has 0 aromatic carbocycles. The van der Waals surface area contributed by atoms with Gasteiger partial charge in [-0.05, 0) is 19.9 Å². The van der Waals surface area contributed by atoms with Crippen LogP contribution in [-0.2, 0) is 6.54 Å². The quantitative estimate of drug-likeness (QED) is 0.880. The van der Waals surface area contributed by atoms with Crippen molar-refractivity contribution in [3.63, 3.8) is 0 Å². The zero-order valence-corrected chi connectivity index (χ0v) is 10.9. The van der Waals surface area contributed by atoms with Gasteiger partial charge in [0.2, 0.25) is 0 Å². The molecule has 1 fully saturated rings. The molecule has 1 aliphatic heterocycles. The molecule has 0 radical (unpaired) electrons. The van der Waals surface area contributed by atoms with E-state index < -0.39 is 5.97 Å². The Morgan fingerprint density at radius 3 is 2.61 bits per heavy atom. The van der Waals surface area contributed by atoms with Crippen molar-refractivity contribution in [2.45, 2.75) is 26.4 Å². The zero-order valence-electron chi connectivity index (χ0n) is 10.9. The second kappa shape index (κ2) is 5.54. The van der Waals surface area contributed by atoms with E-state index in [4.69, 9.17) is 9.52 Å². The van der Waals surface area contributed by atoms with Crippen LogP contribution < -0.4 is 0 Å². The van der Waals surface area contributed by atoms with Gasteiger partial charge in [-0.2, -0.15) is 0 Å². The van der Waals surface area contributed by atoms with Gasteiger partial charge in [0.25, 0.3) is 0 Å². The van der Waals surface area contributed by atoms with Crippen molar-refractivity contribution in [3.05, 3.63) is 23.7 Å². The molecule has 0 saturated carbocycles. The van der Waals surface area contributed by atoms with Gasteiger partial charge in [-0.15, -0.1) is 0 Å². The second-order valence-corrected chi connectivity index (χ2v) is 4.97. The molecule has 0 spiro atoms. The molecule has 0 amide bonds. The topological polar surface area (TPSA) is 56.9 Å². The predicted molar refractivity (Wildman–Crippen MR) is 67.7 cm³/mol. The highest BCUT2D eigenvalue weighted by molar-refractivity contribution is 5.88. The third-order valence-electron chi connectivity index (χ3n) is 3.48. The van der Waals surface area contributed by atoms with Gasteiger partial charge in [-0.25, -0.2) is 4.79 Å². The summed E-state index contributed by atoms with van der Waals surface area (Å²) in [6, 6.07) is 2.09. The maximum Gasteiger partial charge on any atom is 0.339 e. The summed E-state index contributed by atoms with van der Waals surface area (Å²) in [5.74, 6) is -0.361. The Kier molecular flexibility index (Phi) is 4.04. The van der Waals surface area contributed by atoms with Gasteiger partial charge in [0, 0.05) is 32.2 Å². The van der Waals surface area contributed by atoms with Crippen LogP contribution in [0.5, 0.6) is 0 Å². The fraction of sp³-hybridized carbons (Fsp3) is 0.615. The van der Waals surface area contributed by atoms with Gasteiger partial charge in [-0.3, -0.25) is 9.80 Å². The third-order valence-corrected chi connectivity index (χ3v) is 3.48. The standard InChI is InChI=1S/C13H20N2O3/c1-10(2)15-6-4-14(5-7-15)9-12-11(13(16)17)3-8-18-12/h3,8,10H,4-7,9H2,1-2H3,(H,16,17). The molecule has 5 nitrogen and oxygen atoms in total. The molecule has 2 rings (SSSR count). The molecule has 5 heteroatoms. The summed E-state index contributed by atoms with van der Waals surface area (Å²) in [6.07, 6.45) is 1.45. The van der Waals surface area contributed by atoms with Crippen molar-refractivity contribution in [1.82, 2.24) is 9.80 Å². The van der Waals surface area contributed by atoms with Crippen LogP contribution >= 0.6 is 0 Å². The van der Waals surface area contributed by atoms with Crippen LogP contribution in [0.3, 0.4) is 0 Å². The van der Waals surface area contributed by atoms with Gasteiger partial charge in [0.05, 0.1) is 12.8 Å². The van der Waals surface area contributed by atoms with Crippen LogP contribution in [0.2, 0.25) is 0 Å². The van der Waals surface area contributed by atoms with E-state index in [2.05, 4.69) is 23.6 Å². The van der Waals surface area contributed by atoms with Crippen molar-refractivity contribution in [2.75, 3.05) is 26.2 Å². The van der Waals surface area contributed by atoms with Crippen LogP contribution in [0.15, 0.2) is 16.7 Å². The van der Waals surface area contributed by atoms with Crippen molar-refractivity contribution in [1.29, 1.82) is 0 Å². The Morgan fingerprint density at radius 1 is 1.39 bits per heavy atom. The molecule has 1 N–H and O–H groups in total. The van der Waals surface area contributed by atoms with E-state index in [1.807, 2.05) is 0 Å². The van der Waals surface area contributed by atoms with E-state index in [-0.39, 0.29) is 5.56 Å². The average Bonchev–Trinajstić information content (AvgIpc) is 2.78. The normalized spacial score (nSPS) is 18.4. The molecule has 1 aliphatic rings. The summed E-state index contributed by atoms with van der Waals surface area (Å²) in [5.41, 5.74) is 0.279. The van der Waals surface area contributed by atoms with Gasteiger partial charge < -0.3 is 9.52 Å². The Labute approximate surface area is 107 Å². The molecule has 0 bridgehead atoms. The number of carboxylic acids is 1. The third kappa shape index (κ3) is 2.91. The van der Waals surface area contributed by atoms with E-state index >= 15 is 0 Å². The number of carboxylic acid groups (broad SMARTS) is 1. The number of aromatic carboxylic acids is 1. The lowest BCUT2D eigenvalue weighted by atomic mass is 10.2. The predicted octanol–water partition coefficient (Wildman–Crippen LogP) is 1.50. The Hall–Kier alpha value is -1.33. The number of nitrogens with zero attached hydrogens (tertiary/aromatic N) is 2. The maximum absolute atomic E-state index is 11.0. The van der Waals surface area contributed by atoms with Crippen molar-refractivity contribution in [3.8, 4) is 0 Å². The Balaban J connectivity index is 1.91. The molecular formula is C13H20N2O3. The zero-order chi connectivity index (χ0) is 13.1. The summed E-state index contributed by atoms with van der Waals surface area (Å²) < 4.78 is 5.27. The number of furan rings is 1. The van der Waals surface area contributed by atoms with Gasteiger partial charge in [0.15, 0.2) is 0 Å². The lowest BCUT2D eigenvalue weighted by Gasteiger charge is -2.36. The first-order chi connectivity index (χ1) is 8.58. The lowest BCUT2D eigenvalue weighted by Crippen LogP contribution is -2.48. The number of piperazine rings is 1. The van der Waals surface area contributed by atoms with Gasteiger partial charge in [0.1, 0.15) is 11.3 Å². The number of rotatable bonds is 4. The minimum absolute atomic E-state index is 0.279. The Morgan fingerprint density at radius 2 is 2.06 bits per heavy atom. The van der Waals surface area contributed by atoms with Gasteiger partial charge in [-0.1, -0.05) is 0 Å². The highest BCUT2D eigenvalue weighted by atomic mass is 16.4. The molecule has 1 saturated heterocycles. The van der Waals surface area contributed by atoms with E-state index in [0.29, 0.717) is 18.3 Å². The summed E-state index contributed by atoms with van der Waals surface area (Å²) in [5, 5.41) is 9.01. The fourth-order valence-electron chi connectivity index (χ4n) is 2.29. The fourth-order valence-corrected chi connectivity index (χ4v) is 2.29. The lowest BCUT2D eigenvalue weighted by molar-refractivity contribution is 0.0688. The molecule has 18 heavy (non-hydrogen) atoms. The summed E-state index contributed by atoms with van der Waals surface area (Å²) in [6.45, 7) is 8.95. The van der Waals surface area contributed by atoms with Crippen molar-refractivity contribution >= 4 is 5.97 Å². The van der Waals surface area contributed by atoms with Crippen LogP contribution in [0.4, 0.5) is 0 Å². The maximum atomic E-state index is 11.0. The second-order valence-electron chi connectivity index (χ2n) is 4.97. The van der Waals surface area contributed by atoms with Gasteiger partial charge >= 0.3 is 5.97 Å². The van der Waals surface area contributed by atoms with E-state index in [9.17, 15) is 4.79 Å². The summed E-state index contributed by atoms with van der Waals surface area (Å²) in [7, 11) is 0.